The SMILES string of the molecule is Nc1nc(=O)ncc2ccccc12. The van der Waals surface area contributed by atoms with Gasteiger partial charge >= 0.3 is 5.69 Å². The molecule has 0 aliphatic rings. The molecule has 0 fully saturated rings. The highest BCUT2D eigenvalue weighted by molar-refractivity contribution is 5.89. The Kier molecular flexibility index (Phi) is 1.66. The zero-order chi connectivity index (χ0) is 9.26. The maximum atomic E-state index is 10.9. The molecule has 2 aromatic rings. The van der Waals surface area contributed by atoms with Gasteiger partial charge in [-0.05, 0) is 0 Å². The summed E-state index contributed by atoms with van der Waals surface area (Å²) in [4.78, 5) is 18.1. The molecular weight excluding hydrogens is 166 g/mol. The Hall–Kier alpha value is -1.97. The molecule has 2 rings (SSSR count). The lowest BCUT2D eigenvalue weighted by molar-refractivity contribution is 1.13. The standard InChI is InChI=1S/C9H7N3O/c10-8-7-4-2-1-3-6(7)5-11-9(13)12-8/h1-5H,(H2,10,12,13). The second kappa shape index (κ2) is 2.82. The van der Waals surface area contributed by atoms with Crippen LogP contribution < -0.4 is 11.4 Å². The summed E-state index contributed by atoms with van der Waals surface area (Å²) >= 11 is 0. The van der Waals surface area contributed by atoms with E-state index in [1.807, 2.05) is 18.2 Å². The van der Waals surface area contributed by atoms with E-state index < -0.39 is 5.69 Å². The molecule has 0 atom stereocenters. The molecule has 0 spiro atoms. The van der Waals surface area contributed by atoms with Gasteiger partial charge in [0, 0.05) is 17.0 Å². The molecule has 64 valence electrons. The summed E-state index contributed by atoms with van der Waals surface area (Å²) in [6.45, 7) is 0. The molecule has 4 nitrogen and oxygen atoms in total. The number of hydrogen-bond acceptors (Lipinski definition) is 4. The lowest BCUT2D eigenvalue weighted by Gasteiger charge is -1.91. The minimum atomic E-state index is -0.561. The van der Waals surface area contributed by atoms with Gasteiger partial charge in [-0.2, -0.15) is 9.97 Å². The minimum absolute atomic E-state index is 0.220. The molecule has 0 unspecified atom stereocenters. The van der Waals surface area contributed by atoms with Crippen molar-refractivity contribution in [2.45, 2.75) is 0 Å². The molecule has 0 radical (unpaired) electrons. The van der Waals surface area contributed by atoms with Gasteiger partial charge in [0.2, 0.25) is 0 Å². The quantitative estimate of drug-likeness (QED) is 0.632. The lowest BCUT2D eigenvalue weighted by Crippen LogP contribution is -2.06. The smallest absolute Gasteiger partial charge is 0.368 e. The highest BCUT2D eigenvalue weighted by Gasteiger charge is 1.96. The number of nitrogens with zero attached hydrogens (tertiary/aromatic N) is 2. The monoisotopic (exact) mass is 173 g/mol. The molecule has 0 saturated heterocycles. The molecule has 0 amide bonds. The summed E-state index contributed by atoms with van der Waals surface area (Å²) in [5.74, 6) is 0.220. The van der Waals surface area contributed by atoms with Crippen molar-refractivity contribution >= 4 is 16.6 Å². The number of rotatable bonds is 0. The Balaban J connectivity index is 3.02. The predicted molar refractivity (Wildman–Crippen MR) is 50.2 cm³/mol. The molecule has 0 aliphatic heterocycles. The molecule has 4 heteroatoms. The van der Waals surface area contributed by atoms with Crippen molar-refractivity contribution in [2.24, 2.45) is 0 Å². The Morgan fingerprint density at radius 2 is 2.00 bits per heavy atom. The number of nitrogens with two attached hydrogens (primary N) is 1. The van der Waals surface area contributed by atoms with Crippen molar-refractivity contribution in [2.75, 3.05) is 5.73 Å². The fourth-order valence-electron chi connectivity index (χ4n) is 1.16. The highest BCUT2D eigenvalue weighted by Crippen LogP contribution is 2.14. The average Bonchev–Trinajstić information content (AvgIpc) is 2.27. The van der Waals surface area contributed by atoms with E-state index in [2.05, 4.69) is 9.97 Å². The molecule has 1 aromatic carbocycles. The fourth-order valence-corrected chi connectivity index (χ4v) is 1.16. The van der Waals surface area contributed by atoms with E-state index >= 15 is 0 Å². The second-order valence-corrected chi connectivity index (χ2v) is 2.63. The van der Waals surface area contributed by atoms with Crippen LogP contribution in [0.4, 0.5) is 5.82 Å². The molecule has 0 aliphatic carbocycles. The van der Waals surface area contributed by atoms with Crippen LogP contribution in [0.5, 0.6) is 0 Å². The summed E-state index contributed by atoms with van der Waals surface area (Å²) in [5, 5.41) is 1.56. The third-order valence-corrected chi connectivity index (χ3v) is 1.77. The van der Waals surface area contributed by atoms with Crippen LogP contribution in [-0.4, -0.2) is 9.97 Å². The van der Waals surface area contributed by atoms with Crippen LogP contribution in [-0.2, 0) is 0 Å². The molecular formula is C9H7N3O. The van der Waals surface area contributed by atoms with Crippen LogP contribution in [0.15, 0.2) is 35.3 Å². The van der Waals surface area contributed by atoms with Crippen molar-refractivity contribution in [3.8, 4) is 0 Å². The van der Waals surface area contributed by atoms with E-state index in [0.717, 1.165) is 10.8 Å². The summed E-state index contributed by atoms with van der Waals surface area (Å²) in [6, 6.07) is 7.33. The van der Waals surface area contributed by atoms with E-state index in [4.69, 9.17) is 5.73 Å². The van der Waals surface area contributed by atoms with E-state index in [1.165, 1.54) is 6.20 Å². The van der Waals surface area contributed by atoms with Gasteiger partial charge in [-0.1, -0.05) is 24.3 Å². The molecule has 1 aromatic heterocycles. The summed E-state index contributed by atoms with van der Waals surface area (Å²) in [7, 11) is 0. The van der Waals surface area contributed by atoms with Crippen molar-refractivity contribution < 1.29 is 0 Å². The number of nitrogen functional groups attached to an aromatic ring is 1. The van der Waals surface area contributed by atoms with Gasteiger partial charge in [0.25, 0.3) is 0 Å². The third kappa shape index (κ3) is 1.33. The molecule has 0 saturated carbocycles. The van der Waals surface area contributed by atoms with Gasteiger partial charge < -0.3 is 5.73 Å². The number of aromatic nitrogens is 2. The van der Waals surface area contributed by atoms with Crippen molar-refractivity contribution in [1.29, 1.82) is 0 Å². The first kappa shape index (κ1) is 7.67. The van der Waals surface area contributed by atoms with Crippen molar-refractivity contribution in [1.82, 2.24) is 9.97 Å². The average molecular weight is 173 g/mol. The molecule has 0 bridgehead atoms. The van der Waals surface area contributed by atoms with E-state index in [0.29, 0.717) is 0 Å². The molecule has 2 N–H and O–H groups in total. The zero-order valence-electron chi connectivity index (χ0n) is 6.77. The normalized spacial score (nSPS) is 10.2. The largest absolute Gasteiger partial charge is 0.383 e. The summed E-state index contributed by atoms with van der Waals surface area (Å²) in [5.41, 5.74) is 5.02. The Bertz CT molecular complexity index is 510. The maximum Gasteiger partial charge on any atom is 0.368 e. The lowest BCUT2D eigenvalue weighted by atomic mass is 10.2. The fraction of sp³-hybridized carbons (Fsp3) is 0. The molecule has 13 heavy (non-hydrogen) atoms. The Morgan fingerprint density at radius 1 is 1.23 bits per heavy atom. The summed E-state index contributed by atoms with van der Waals surface area (Å²) < 4.78 is 0. The topological polar surface area (TPSA) is 68.9 Å². The van der Waals surface area contributed by atoms with Gasteiger partial charge in [-0.25, -0.2) is 4.79 Å². The first-order valence-electron chi connectivity index (χ1n) is 3.79. The van der Waals surface area contributed by atoms with Crippen LogP contribution in [0.25, 0.3) is 10.8 Å². The van der Waals surface area contributed by atoms with Crippen molar-refractivity contribution in [3.05, 3.63) is 40.9 Å². The second-order valence-electron chi connectivity index (χ2n) is 2.63. The van der Waals surface area contributed by atoms with Crippen LogP contribution >= 0.6 is 0 Å². The van der Waals surface area contributed by atoms with Crippen LogP contribution in [0.2, 0.25) is 0 Å². The number of anilines is 1. The number of fused-ring (bicyclic) bond motifs is 1. The van der Waals surface area contributed by atoms with E-state index in [-0.39, 0.29) is 5.82 Å². The number of hydrogen-bond donors (Lipinski definition) is 1. The minimum Gasteiger partial charge on any atom is -0.383 e. The van der Waals surface area contributed by atoms with Gasteiger partial charge in [0.05, 0.1) is 0 Å². The van der Waals surface area contributed by atoms with Crippen LogP contribution in [0.3, 0.4) is 0 Å². The Morgan fingerprint density at radius 3 is 2.85 bits per heavy atom. The zero-order valence-corrected chi connectivity index (χ0v) is 6.77. The predicted octanol–water partition coefficient (Wildman–Crippen LogP) is 0.572. The third-order valence-electron chi connectivity index (χ3n) is 1.77. The van der Waals surface area contributed by atoms with Crippen LogP contribution in [0.1, 0.15) is 0 Å². The first-order chi connectivity index (χ1) is 6.27. The summed E-state index contributed by atoms with van der Waals surface area (Å²) in [6.07, 6.45) is 1.47. The highest BCUT2D eigenvalue weighted by atomic mass is 16.1. The van der Waals surface area contributed by atoms with Gasteiger partial charge in [0.15, 0.2) is 0 Å². The van der Waals surface area contributed by atoms with Crippen LogP contribution in [0, 0.1) is 0 Å². The first-order valence-corrected chi connectivity index (χ1v) is 3.79. The molecule has 1 heterocycles. The number of benzene rings is 1. The van der Waals surface area contributed by atoms with Gasteiger partial charge in [-0.3, -0.25) is 0 Å². The van der Waals surface area contributed by atoms with Crippen molar-refractivity contribution in [3.63, 3.8) is 0 Å². The van der Waals surface area contributed by atoms with E-state index in [9.17, 15) is 4.79 Å². The van der Waals surface area contributed by atoms with Gasteiger partial charge in [-0.15, -0.1) is 0 Å². The van der Waals surface area contributed by atoms with E-state index in [1.54, 1.807) is 6.07 Å². The van der Waals surface area contributed by atoms with Gasteiger partial charge in [0.1, 0.15) is 5.82 Å². The Labute approximate surface area is 74.1 Å². The maximum absolute atomic E-state index is 10.9.